The number of aromatic amines is 1. The number of imide groups is 1. The lowest BCUT2D eigenvalue weighted by molar-refractivity contribution is -0.122. The largest absolute Gasteiger partial charge is 0.346 e. The number of H-pyrrole nitrogens is 1. The molecule has 0 spiro atoms. The van der Waals surface area contributed by atoms with Gasteiger partial charge >= 0.3 is 0 Å². The maximum atomic E-state index is 13.0. The summed E-state index contributed by atoms with van der Waals surface area (Å²) in [6.45, 7) is 4.25. The topological polar surface area (TPSA) is 95.2 Å². The predicted octanol–water partition coefficient (Wildman–Crippen LogP) is 4.61. The normalized spacial score (nSPS) is 14.3. The van der Waals surface area contributed by atoms with E-state index < -0.39 is 0 Å². The fourth-order valence-corrected chi connectivity index (χ4v) is 4.60. The summed E-state index contributed by atoms with van der Waals surface area (Å²) in [6.07, 6.45) is 0.582. The standard InChI is InChI=1S/C27H26N4O3/c1-16(2)24(25-28-20-12-3-4-13-21(20)29-25)30-22(32)14-7-15-31-26(33)18-10-5-8-17-9-6-11-19(23(17)18)27(31)34/h3-6,8-13,16,24H,7,14-15H2,1-2H3,(H,28,29)(H,30,32)/t24-/m1/s1. The van der Waals surface area contributed by atoms with Crippen LogP contribution in [0.25, 0.3) is 21.8 Å². The summed E-state index contributed by atoms with van der Waals surface area (Å²) in [6, 6.07) is 18.4. The lowest BCUT2D eigenvalue weighted by atomic mass is 9.94. The fraction of sp³-hybridized carbons (Fsp3) is 0.259. The summed E-state index contributed by atoms with van der Waals surface area (Å²) in [5.74, 6) is 0.0926. The third kappa shape index (κ3) is 3.83. The highest BCUT2D eigenvalue weighted by molar-refractivity contribution is 6.25. The van der Waals surface area contributed by atoms with Gasteiger partial charge in [0.25, 0.3) is 11.8 Å². The van der Waals surface area contributed by atoms with Crippen molar-refractivity contribution in [3.63, 3.8) is 0 Å². The summed E-state index contributed by atoms with van der Waals surface area (Å²) < 4.78 is 0. The van der Waals surface area contributed by atoms with Gasteiger partial charge in [0, 0.05) is 29.5 Å². The highest BCUT2D eigenvalue weighted by Gasteiger charge is 2.32. The molecule has 2 heterocycles. The van der Waals surface area contributed by atoms with Crippen LogP contribution in [0.1, 0.15) is 59.3 Å². The Morgan fingerprint density at radius 2 is 1.65 bits per heavy atom. The van der Waals surface area contributed by atoms with E-state index in [4.69, 9.17) is 0 Å². The molecular formula is C27H26N4O3. The molecule has 172 valence electrons. The smallest absolute Gasteiger partial charge is 0.261 e. The first-order valence-electron chi connectivity index (χ1n) is 11.6. The monoisotopic (exact) mass is 454 g/mol. The Morgan fingerprint density at radius 1 is 0.971 bits per heavy atom. The summed E-state index contributed by atoms with van der Waals surface area (Å²) in [5, 5.41) is 4.65. The molecule has 0 unspecified atom stereocenters. The van der Waals surface area contributed by atoms with Gasteiger partial charge in [-0.3, -0.25) is 19.3 Å². The lowest BCUT2D eigenvalue weighted by Crippen LogP contribution is -2.41. The van der Waals surface area contributed by atoms with Crippen LogP contribution >= 0.6 is 0 Å². The van der Waals surface area contributed by atoms with Crippen molar-refractivity contribution in [2.45, 2.75) is 32.7 Å². The quantitative estimate of drug-likeness (QED) is 0.399. The number of para-hydroxylation sites is 2. The van der Waals surface area contributed by atoms with Crippen molar-refractivity contribution in [1.29, 1.82) is 0 Å². The second-order valence-corrected chi connectivity index (χ2v) is 9.00. The van der Waals surface area contributed by atoms with Crippen molar-refractivity contribution in [1.82, 2.24) is 20.2 Å². The molecule has 2 N–H and O–H groups in total. The molecule has 4 aromatic rings. The second-order valence-electron chi connectivity index (χ2n) is 9.00. The van der Waals surface area contributed by atoms with Crippen LogP contribution in [0.4, 0.5) is 0 Å². The van der Waals surface area contributed by atoms with Crippen LogP contribution in [0.5, 0.6) is 0 Å². The van der Waals surface area contributed by atoms with Gasteiger partial charge < -0.3 is 10.3 Å². The third-order valence-corrected chi connectivity index (χ3v) is 6.33. The highest BCUT2D eigenvalue weighted by Crippen LogP contribution is 2.30. The number of hydrogen-bond acceptors (Lipinski definition) is 4. The number of amides is 3. The summed E-state index contributed by atoms with van der Waals surface area (Å²) in [5.41, 5.74) is 2.84. The average Bonchev–Trinajstić information content (AvgIpc) is 3.26. The predicted molar refractivity (Wildman–Crippen MR) is 130 cm³/mol. The molecule has 1 aliphatic heterocycles. The van der Waals surface area contributed by atoms with E-state index in [-0.39, 0.29) is 42.6 Å². The van der Waals surface area contributed by atoms with Crippen molar-refractivity contribution >= 4 is 39.5 Å². The first-order chi connectivity index (χ1) is 16.4. The molecule has 1 aromatic heterocycles. The van der Waals surface area contributed by atoms with Gasteiger partial charge in [0.1, 0.15) is 5.82 Å². The number of nitrogens with one attached hydrogen (secondary N) is 2. The van der Waals surface area contributed by atoms with Crippen molar-refractivity contribution < 1.29 is 14.4 Å². The summed E-state index contributed by atoms with van der Waals surface area (Å²) >= 11 is 0. The van der Waals surface area contributed by atoms with Crippen molar-refractivity contribution in [2.24, 2.45) is 5.92 Å². The van der Waals surface area contributed by atoms with Crippen LogP contribution in [0, 0.1) is 5.92 Å². The number of benzene rings is 3. The fourth-order valence-electron chi connectivity index (χ4n) is 4.60. The van der Waals surface area contributed by atoms with Crippen LogP contribution < -0.4 is 5.32 Å². The Morgan fingerprint density at radius 3 is 2.29 bits per heavy atom. The number of carbonyl (C=O) groups excluding carboxylic acids is 3. The molecule has 34 heavy (non-hydrogen) atoms. The Balaban J connectivity index is 1.25. The third-order valence-electron chi connectivity index (χ3n) is 6.33. The lowest BCUT2D eigenvalue weighted by Gasteiger charge is -2.27. The molecule has 0 saturated heterocycles. The van der Waals surface area contributed by atoms with Crippen molar-refractivity contribution in [3.05, 3.63) is 77.6 Å². The molecule has 3 amide bonds. The highest BCUT2D eigenvalue weighted by atomic mass is 16.2. The number of aromatic nitrogens is 2. The zero-order valence-corrected chi connectivity index (χ0v) is 19.2. The van der Waals surface area contributed by atoms with Gasteiger partial charge in [-0.15, -0.1) is 0 Å². The van der Waals surface area contributed by atoms with Gasteiger partial charge in [-0.1, -0.05) is 50.2 Å². The number of nitrogens with zero attached hydrogens (tertiary/aromatic N) is 2. The van der Waals surface area contributed by atoms with E-state index >= 15 is 0 Å². The average molecular weight is 455 g/mol. The van der Waals surface area contributed by atoms with E-state index in [2.05, 4.69) is 15.3 Å². The molecule has 0 aliphatic carbocycles. The number of rotatable bonds is 7. The van der Waals surface area contributed by atoms with E-state index in [0.29, 0.717) is 22.9 Å². The Kier molecular flexibility index (Phi) is 5.61. The SMILES string of the molecule is CC(C)[C@@H](NC(=O)CCCN1C(=O)c2cccc3cccc(c23)C1=O)c1nc2ccccc2[nH]1. The molecule has 0 bridgehead atoms. The van der Waals surface area contributed by atoms with Crippen LogP contribution in [-0.4, -0.2) is 39.1 Å². The van der Waals surface area contributed by atoms with Gasteiger partial charge in [0.2, 0.25) is 5.91 Å². The van der Waals surface area contributed by atoms with E-state index in [1.807, 2.05) is 62.4 Å². The van der Waals surface area contributed by atoms with E-state index in [0.717, 1.165) is 22.2 Å². The van der Waals surface area contributed by atoms with Gasteiger partial charge in [-0.25, -0.2) is 4.98 Å². The van der Waals surface area contributed by atoms with Gasteiger partial charge in [-0.05, 0) is 42.0 Å². The first kappa shape index (κ1) is 21.8. The molecule has 1 aliphatic rings. The zero-order valence-electron chi connectivity index (χ0n) is 19.2. The van der Waals surface area contributed by atoms with Gasteiger partial charge in [-0.2, -0.15) is 0 Å². The minimum absolute atomic E-state index is 0.131. The Hall–Kier alpha value is -4.00. The van der Waals surface area contributed by atoms with Gasteiger partial charge in [0.15, 0.2) is 0 Å². The first-order valence-corrected chi connectivity index (χ1v) is 11.6. The van der Waals surface area contributed by atoms with Crippen LogP contribution in [0.15, 0.2) is 60.7 Å². The number of fused-ring (bicyclic) bond motifs is 1. The van der Waals surface area contributed by atoms with E-state index in [1.54, 1.807) is 12.1 Å². The van der Waals surface area contributed by atoms with Crippen molar-refractivity contribution in [2.75, 3.05) is 6.54 Å². The molecular weight excluding hydrogens is 428 g/mol. The number of imidazole rings is 1. The van der Waals surface area contributed by atoms with Crippen molar-refractivity contribution in [3.8, 4) is 0 Å². The molecule has 3 aromatic carbocycles. The second kappa shape index (κ2) is 8.74. The molecule has 0 saturated carbocycles. The minimum atomic E-state index is -0.308. The van der Waals surface area contributed by atoms with Crippen LogP contribution in [0.3, 0.4) is 0 Å². The van der Waals surface area contributed by atoms with Crippen LogP contribution in [0.2, 0.25) is 0 Å². The molecule has 1 atom stereocenters. The van der Waals surface area contributed by atoms with E-state index in [9.17, 15) is 14.4 Å². The molecule has 7 nitrogen and oxygen atoms in total. The Bertz CT molecular complexity index is 1340. The molecule has 0 fully saturated rings. The molecule has 5 rings (SSSR count). The number of hydrogen-bond donors (Lipinski definition) is 2. The summed E-state index contributed by atoms with van der Waals surface area (Å²) in [4.78, 5) is 48.0. The maximum Gasteiger partial charge on any atom is 0.261 e. The molecule has 0 radical (unpaired) electrons. The Labute approximate surface area is 197 Å². The summed E-state index contributed by atoms with van der Waals surface area (Å²) in [7, 11) is 0. The van der Waals surface area contributed by atoms with Gasteiger partial charge in [0.05, 0.1) is 17.1 Å². The molecule has 7 heteroatoms. The van der Waals surface area contributed by atoms with Crippen LogP contribution in [-0.2, 0) is 4.79 Å². The number of carbonyl (C=O) groups is 3. The maximum absolute atomic E-state index is 13.0. The zero-order chi connectivity index (χ0) is 23.8. The minimum Gasteiger partial charge on any atom is -0.346 e. The van der Waals surface area contributed by atoms with E-state index in [1.165, 1.54) is 4.90 Å².